The van der Waals surface area contributed by atoms with Crippen LogP contribution in [0.15, 0.2) is 60.7 Å². The third-order valence-electron chi connectivity index (χ3n) is 3.28. The van der Waals surface area contributed by atoms with Crippen molar-refractivity contribution in [3.05, 3.63) is 71.8 Å². The zero-order valence-electron chi connectivity index (χ0n) is 13.4. The summed E-state index contributed by atoms with van der Waals surface area (Å²) in [6, 6.07) is 15.1. The average molecular weight is 360 g/mol. The SMILES string of the molecule is O=C(O[C@H](C(=O)[OH2+])[C@H](OC(=O)c1ccccc1)C(=O)[OH2+])c1ccccc1. The van der Waals surface area contributed by atoms with Gasteiger partial charge >= 0.3 is 36.1 Å². The fraction of sp³-hybridized carbons (Fsp3) is 0.111. The van der Waals surface area contributed by atoms with Gasteiger partial charge in [-0.25, -0.2) is 9.59 Å². The lowest BCUT2D eigenvalue weighted by Gasteiger charge is -2.16. The van der Waals surface area contributed by atoms with Crippen molar-refractivity contribution in [3.63, 3.8) is 0 Å². The normalized spacial score (nSPS) is 12.5. The molecule has 0 bridgehead atoms. The maximum atomic E-state index is 12.1. The van der Waals surface area contributed by atoms with Gasteiger partial charge in [0, 0.05) is 9.59 Å². The predicted molar refractivity (Wildman–Crippen MR) is 88.5 cm³/mol. The van der Waals surface area contributed by atoms with Crippen LogP contribution < -0.4 is 0 Å². The van der Waals surface area contributed by atoms with E-state index in [0.717, 1.165) is 0 Å². The molecule has 0 unspecified atom stereocenters. The highest BCUT2D eigenvalue weighted by Crippen LogP contribution is 2.13. The Balaban J connectivity index is 2.20. The van der Waals surface area contributed by atoms with Crippen LogP contribution in [0.4, 0.5) is 0 Å². The van der Waals surface area contributed by atoms with E-state index < -0.39 is 36.1 Å². The van der Waals surface area contributed by atoms with Crippen molar-refractivity contribution in [2.75, 3.05) is 0 Å². The molecular weight excluding hydrogens is 344 g/mol. The van der Waals surface area contributed by atoms with Gasteiger partial charge in [0.2, 0.25) is 0 Å². The van der Waals surface area contributed by atoms with E-state index in [1.165, 1.54) is 24.3 Å². The Morgan fingerprint density at radius 2 is 0.923 bits per heavy atom. The van der Waals surface area contributed by atoms with Crippen molar-refractivity contribution in [1.82, 2.24) is 0 Å². The van der Waals surface area contributed by atoms with E-state index in [4.69, 9.17) is 19.7 Å². The number of ether oxygens (including phenoxy) is 2. The molecule has 0 aromatic heterocycles. The summed E-state index contributed by atoms with van der Waals surface area (Å²) in [5.41, 5.74) is 0.147. The second-order valence-corrected chi connectivity index (χ2v) is 5.11. The fourth-order valence-electron chi connectivity index (χ4n) is 2.02. The van der Waals surface area contributed by atoms with E-state index in [-0.39, 0.29) is 11.1 Å². The lowest BCUT2D eigenvalue weighted by molar-refractivity contribution is -0.166. The monoisotopic (exact) mass is 360 g/mol. The molecule has 26 heavy (non-hydrogen) atoms. The van der Waals surface area contributed by atoms with Crippen molar-refractivity contribution in [3.8, 4) is 0 Å². The molecule has 8 heteroatoms. The van der Waals surface area contributed by atoms with Crippen LogP contribution in [0.3, 0.4) is 0 Å². The van der Waals surface area contributed by atoms with Crippen molar-refractivity contribution in [2.45, 2.75) is 12.2 Å². The molecule has 0 aliphatic carbocycles. The number of hydrogen-bond acceptors (Lipinski definition) is 6. The molecule has 4 N–H and O–H groups in total. The zero-order chi connectivity index (χ0) is 19.1. The molecule has 2 aromatic rings. The predicted octanol–water partition coefficient (Wildman–Crippen LogP) is -0.0600. The lowest BCUT2D eigenvalue weighted by Crippen LogP contribution is -2.45. The van der Waals surface area contributed by atoms with E-state index in [9.17, 15) is 19.2 Å². The molecule has 0 radical (unpaired) electrons. The third-order valence-corrected chi connectivity index (χ3v) is 3.28. The van der Waals surface area contributed by atoms with Gasteiger partial charge in [-0.15, -0.1) is 0 Å². The molecule has 2 rings (SSSR count). The Hall–Kier alpha value is -3.68. The Morgan fingerprint density at radius 3 is 1.19 bits per heavy atom. The van der Waals surface area contributed by atoms with E-state index in [1.807, 2.05) is 0 Å². The third kappa shape index (κ3) is 4.67. The number of rotatable bonds is 7. The summed E-state index contributed by atoms with van der Waals surface area (Å²) in [5, 5.41) is 14.4. The van der Waals surface area contributed by atoms with Gasteiger partial charge < -0.3 is 19.7 Å². The molecule has 0 spiro atoms. The van der Waals surface area contributed by atoms with Crippen molar-refractivity contribution in [2.24, 2.45) is 0 Å². The number of esters is 2. The summed E-state index contributed by atoms with van der Waals surface area (Å²) in [5.74, 6) is -4.92. The van der Waals surface area contributed by atoms with Crippen molar-refractivity contribution >= 4 is 23.9 Å². The molecule has 8 nitrogen and oxygen atoms in total. The van der Waals surface area contributed by atoms with Gasteiger partial charge in [0.25, 0.3) is 0 Å². The average Bonchev–Trinajstić information content (AvgIpc) is 2.65. The quantitative estimate of drug-likeness (QED) is 0.502. The van der Waals surface area contributed by atoms with Crippen LogP contribution in [-0.2, 0) is 19.1 Å². The van der Waals surface area contributed by atoms with Crippen LogP contribution in [0.5, 0.6) is 0 Å². The lowest BCUT2D eigenvalue weighted by atomic mass is 10.1. The van der Waals surface area contributed by atoms with Gasteiger partial charge in [-0.3, -0.25) is 0 Å². The second-order valence-electron chi connectivity index (χ2n) is 5.11. The highest BCUT2D eigenvalue weighted by atomic mass is 16.6. The number of hydrogen-bond donors (Lipinski definition) is 0. The van der Waals surface area contributed by atoms with Crippen LogP contribution in [0.25, 0.3) is 0 Å². The number of carbonyl (C=O) groups excluding carboxylic acids is 4. The maximum absolute atomic E-state index is 12.1. The van der Waals surface area contributed by atoms with Gasteiger partial charge in [0.1, 0.15) is 0 Å². The van der Waals surface area contributed by atoms with Crippen LogP contribution >= 0.6 is 0 Å². The summed E-state index contributed by atoms with van der Waals surface area (Å²) in [6.07, 6.45) is -4.08. The highest BCUT2D eigenvalue weighted by Gasteiger charge is 2.49. The van der Waals surface area contributed by atoms with Crippen LogP contribution in [0.1, 0.15) is 20.7 Å². The molecular formula is C18H16O8+2. The summed E-state index contributed by atoms with van der Waals surface area (Å²) in [7, 11) is 0. The second kappa shape index (κ2) is 8.43. The summed E-state index contributed by atoms with van der Waals surface area (Å²) in [4.78, 5) is 47.2. The van der Waals surface area contributed by atoms with Crippen LogP contribution in [-0.4, -0.2) is 46.3 Å². The van der Waals surface area contributed by atoms with E-state index in [0.29, 0.717) is 0 Å². The van der Waals surface area contributed by atoms with Crippen LogP contribution in [0, 0.1) is 0 Å². The Labute approximate surface area is 147 Å². The first-order chi connectivity index (χ1) is 12.4. The van der Waals surface area contributed by atoms with Gasteiger partial charge in [0.15, 0.2) is 0 Å². The van der Waals surface area contributed by atoms with Crippen molar-refractivity contribution in [1.29, 1.82) is 0 Å². The number of carbonyl (C=O) groups is 4. The first-order valence-electron chi connectivity index (χ1n) is 7.43. The minimum atomic E-state index is -2.04. The van der Waals surface area contributed by atoms with Gasteiger partial charge in [-0.2, -0.15) is 0 Å². The van der Waals surface area contributed by atoms with E-state index >= 15 is 0 Å². The molecule has 0 aliphatic rings. The molecule has 2 atom stereocenters. The van der Waals surface area contributed by atoms with Gasteiger partial charge in [-0.1, -0.05) is 36.4 Å². The first-order valence-corrected chi connectivity index (χ1v) is 7.43. The standard InChI is InChI=1S/C18H14O8/c19-15(20)13(25-17(23)11-7-3-1-4-8-11)14(16(21)22)26-18(24)12-9-5-2-6-10-12/h1-10,13-14H,(H,19,20)(H,21,22)/p+2/t13-,14-/m0/s1. The van der Waals surface area contributed by atoms with E-state index in [1.54, 1.807) is 36.4 Å². The Morgan fingerprint density at radius 1 is 0.615 bits per heavy atom. The van der Waals surface area contributed by atoms with Gasteiger partial charge in [-0.05, 0) is 24.3 Å². The molecule has 0 heterocycles. The minimum absolute atomic E-state index is 0.0734. The Bertz CT molecular complexity index is 731. The Kier molecular flexibility index (Phi) is 6.05. The topological polar surface area (TPSA) is 133 Å². The van der Waals surface area contributed by atoms with E-state index in [2.05, 4.69) is 0 Å². The summed E-state index contributed by atoms with van der Waals surface area (Å²) < 4.78 is 9.73. The summed E-state index contributed by atoms with van der Waals surface area (Å²) in [6.45, 7) is 0. The molecule has 0 amide bonds. The molecule has 2 aromatic carbocycles. The highest BCUT2D eigenvalue weighted by molar-refractivity contribution is 5.95. The minimum Gasteiger partial charge on any atom is -0.562 e. The number of benzene rings is 2. The molecule has 0 aliphatic heterocycles. The molecule has 134 valence electrons. The molecule has 0 saturated heterocycles. The van der Waals surface area contributed by atoms with Gasteiger partial charge in [0.05, 0.1) is 11.1 Å². The first kappa shape index (κ1) is 18.7. The smallest absolute Gasteiger partial charge is 0.562 e. The van der Waals surface area contributed by atoms with Crippen LogP contribution in [0.2, 0.25) is 0 Å². The zero-order valence-corrected chi connectivity index (χ0v) is 13.4. The van der Waals surface area contributed by atoms with Crippen molar-refractivity contribution < 1.29 is 38.9 Å². The summed E-state index contributed by atoms with van der Waals surface area (Å²) >= 11 is 0. The molecule has 0 fully saturated rings. The fourth-order valence-corrected chi connectivity index (χ4v) is 2.02. The largest absolute Gasteiger partial charge is 0.562 e. The molecule has 0 saturated carbocycles. The maximum Gasteiger partial charge on any atom is 0.562 e.